The van der Waals surface area contributed by atoms with Crippen LogP contribution in [-0.2, 0) is 4.79 Å². The fourth-order valence-corrected chi connectivity index (χ4v) is 3.59. The molecule has 2 saturated heterocycles. The van der Waals surface area contributed by atoms with Crippen molar-refractivity contribution >= 4 is 18.3 Å². The molecule has 0 saturated carbocycles. The number of carbonyl (C=O) groups is 1. The van der Waals surface area contributed by atoms with Crippen LogP contribution in [0.1, 0.15) is 32.6 Å². The lowest BCUT2D eigenvalue weighted by Gasteiger charge is -2.30. The Bertz CT molecular complexity index is 483. The molecule has 2 fully saturated rings. The van der Waals surface area contributed by atoms with Crippen LogP contribution in [0.5, 0.6) is 5.75 Å². The molecule has 3 unspecified atom stereocenters. The largest absolute Gasteiger partial charge is 0.494 e. The second-order valence-corrected chi connectivity index (χ2v) is 6.47. The summed E-state index contributed by atoms with van der Waals surface area (Å²) in [5.41, 5.74) is 0. The SMILES string of the molecule is CC(CCOc1ccccc1)C(=O)N1C2CCNCC1CC2.Cl. The number of nitrogens with one attached hydrogen (secondary N) is 1. The fourth-order valence-electron chi connectivity index (χ4n) is 3.59. The van der Waals surface area contributed by atoms with E-state index in [0.717, 1.165) is 38.1 Å². The van der Waals surface area contributed by atoms with Gasteiger partial charge in [0.25, 0.3) is 0 Å². The monoisotopic (exact) mass is 338 g/mol. The molecular formula is C18H27ClN2O2. The Morgan fingerprint density at radius 1 is 1.26 bits per heavy atom. The second kappa shape index (κ2) is 8.55. The summed E-state index contributed by atoms with van der Waals surface area (Å²) in [6.07, 6.45) is 4.19. The molecular weight excluding hydrogens is 312 g/mol. The molecule has 0 aliphatic carbocycles. The summed E-state index contributed by atoms with van der Waals surface area (Å²) in [5.74, 6) is 1.22. The molecule has 3 rings (SSSR count). The maximum Gasteiger partial charge on any atom is 0.226 e. The average Bonchev–Trinajstić information content (AvgIpc) is 2.80. The van der Waals surface area contributed by atoms with E-state index in [9.17, 15) is 4.79 Å². The van der Waals surface area contributed by atoms with Crippen molar-refractivity contribution in [2.24, 2.45) is 5.92 Å². The van der Waals surface area contributed by atoms with E-state index in [1.807, 2.05) is 37.3 Å². The van der Waals surface area contributed by atoms with E-state index in [2.05, 4.69) is 10.2 Å². The fraction of sp³-hybridized carbons (Fsp3) is 0.611. The van der Waals surface area contributed by atoms with E-state index in [-0.39, 0.29) is 18.3 Å². The quantitative estimate of drug-likeness (QED) is 0.897. The molecule has 128 valence electrons. The zero-order valence-corrected chi connectivity index (χ0v) is 14.6. The van der Waals surface area contributed by atoms with Gasteiger partial charge in [-0.3, -0.25) is 4.79 Å². The molecule has 1 aromatic carbocycles. The Kier molecular flexibility index (Phi) is 6.72. The van der Waals surface area contributed by atoms with Crippen LogP contribution in [-0.4, -0.2) is 42.6 Å². The maximum atomic E-state index is 12.8. The van der Waals surface area contributed by atoms with Crippen LogP contribution in [0, 0.1) is 5.92 Å². The molecule has 2 aliphatic heterocycles. The first-order chi connectivity index (χ1) is 10.8. The van der Waals surface area contributed by atoms with Gasteiger partial charge < -0.3 is 15.0 Å². The lowest BCUT2D eigenvalue weighted by Crippen LogP contribution is -2.45. The number of carbonyl (C=O) groups excluding carboxylic acids is 1. The third kappa shape index (κ3) is 4.39. The van der Waals surface area contributed by atoms with Gasteiger partial charge in [-0.25, -0.2) is 0 Å². The summed E-state index contributed by atoms with van der Waals surface area (Å²) in [6.45, 7) is 4.62. The number of halogens is 1. The van der Waals surface area contributed by atoms with Crippen LogP contribution < -0.4 is 10.1 Å². The lowest BCUT2D eigenvalue weighted by atomic mass is 10.1. The van der Waals surface area contributed by atoms with E-state index < -0.39 is 0 Å². The summed E-state index contributed by atoms with van der Waals surface area (Å²) >= 11 is 0. The van der Waals surface area contributed by atoms with Gasteiger partial charge >= 0.3 is 0 Å². The first kappa shape index (κ1) is 18.1. The maximum absolute atomic E-state index is 12.8. The number of amides is 1. The number of fused-ring (bicyclic) bond motifs is 2. The molecule has 0 aromatic heterocycles. The first-order valence-corrected chi connectivity index (χ1v) is 8.46. The highest BCUT2D eigenvalue weighted by Crippen LogP contribution is 2.30. The van der Waals surface area contributed by atoms with Gasteiger partial charge in [0.2, 0.25) is 5.91 Å². The van der Waals surface area contributed by atoms with Crippen LogP contribution >= 0.6 is 12.4 Å². The Hall–Kier alpha value is -1.26. The van der Waals surface area contributed by atoms with Gasteiger partial charge in [-0.2, -0.15) is 0 Å². The van der Waals surface area contributed by atoms with Crippen molar-refractivity contribution in [1.29, 1.82) is 0 Å². The highest BCUT2D eigenvalue weighted by atomic mass is 35.5. The molecule has 23 heavy (non-hydrogen) atoms. The zero-order chi connectivity index (χ0) is 15.4. The number of nitrogens with zero attached hydrogens (tertiary/aromatic N) is 1. The van der Waals surface area contributed by atoms with Crippen LogP contribution in [0.2, 0.25) is 0 Å². The zero-order valence-electron chi connectivity index (χ0n) is 13.7. The first-order valence-electron chi connectivity index (χ1n) is 8.46. The van der Waals surface area contributed by atoms with Crippen LogP contribution in [0.25, 0.3) is 0 Å². The molecule has 1 N–H and O–H groups in total. The van der Waals surface area contributed by atoms with Gasteiger partial charge in [-0.1, -0.05) is 25.1 Å². The van der Waals surface area contributed by atoms with Gasteiger partial charge in [0.1, 0.15) is 5.75 Å². The summed E-state index contributed by atoms with van der Waals surface area (Å²) < 4.78 is 5.73. The second-order valence-electron chi connectivity index (χ2n) is 6.47. The molecule has 5 heteroatoms. The van der Waals surface area contributed by atoms with E-state index in [1.165, 1.54) is 6.42 Å². The summed E-state index contributed by atoms with van der Waals surface area (Å²) in [7, 11) is 0. The lowest BCUT2D eigenvalue weighted by molar-refractivity contribution is -0.138. The Balaban J connectivity index is 0.00000192. The molecule has 1 amide bonds. The molecule has 0 spiro atoms. The molecule has 2 aliphatic rings. The van der Waals surface area contributed by atoms with Crippen molar-refractivity contribution < 1.29 is 9.53 Å². The minimum Gasteiger partial charge on any atom is -0.494 e. The van der Waals surface area contributed by atoms with Gasteiger partial charge in [0.05, 0.1) is 6.61 Å². The molecule has 3 atom stereocenters. The van der Waals surface area contributed by atoms with Crippen molar-refractivity contribution in [3.05, 3.63) is 30.3 Å². The molecule has 2 bridgehead atoms. The molecule has 2 heterocycles. The Morgan fingerprint density at radius 2 is 2.00 bits per heavy atom. The summed E-state index contributed by atoms with van der Waals surface area (Å²) in [5, 5.41) is 3.45. The highest BCUT2D eigenvalue weighted by molar-refractivity contribution is 5.85. The van der Waals surface area contributed by atoms with Crippen LogP contribution in [0.4, 0.5) is 0 Å². The average molecular weight is 339 g/mol. The van der Waals surface area contributed by atoms with Crippen molar-refractivity contribution in [3.63, 3.8) is 0 Å². The standard InChI is InChI=1S/C18H26N2O2.ClH/c1-14(10-12-22-17-5-3-2-4-6-17)18(21)20-15-7-8-16(20)13-19-11-9-15;/h2-6,14-16,19H,7-13H2,1H3;1H. The number of ether oxygens (including phenoxy) is 1. The number of rotatable bonds is 5. The Labute approximate surface area is 145 Å². The topological polar surface area (TPSA) is 41.6 Å². The minimum atomic E-state index is 0. The number of hydrogen-bond donors (Lipinski definition) is 1. The predicted octanol–water partition coefficient (Wildman–Crippen LogP) is 2.87. The molecule has 4 nitrogen and oxygen atoms in total. The normalized spacial score (nSPS) is 24.5. The summed E-state index contributed by atoms with van der Waals surface area (Å²) in [4.78, 5) is 15.0. The highest BCUT2D eigenvalue weighted by Gasteiger charge is 2.39. The van der Waals surface area contributed by atoms with Crippen LogP contribution in [0.3, 0.4) is 0 Å². The number of hydrogen-bond acceptors (Lipinski definition) is 3. The molecule has 0 radical (unpaired) electrons. The van der Waals surface area contributed by atoms with E-state index >= 15 is 0 Å². The van der Waals surface area contributed by atoms with Crippen LogP contribution in [0.15, 0.2) is 30.3 Å². The van der Waals surface area contributed by atoms with Gasteiger partial charge in [-0.15, -0.1) is 12.4 Å². The smallest absolute Gasteiger partial charge is 0.226 e. The van der Waals surface area contributed by atoms with Crippen molar-refractivity contribution in [1.82, 2.24) is 10.2 Å². The summed E-state index contributed by atoms with van der Waals surface area (Å²) in [6, 6.07) is 10.7. The predicted molar refractivity (Wildman–Crippen MR) is 94.1 cm³/mol. The third-order valence-electron chi connectivity index (χ3n) is 4.89. The molecule has 1 aromatic rings. The third-order valence-corrected chi connectivity index (χ3v) is 4.89. The van der Waals surface area contributed by atoms with E-state index in [0.29, 0.717) is 24.6 Å². The van der Waals surface area contributed by atoms with Gasteiger partial charge in [0, 0.05) is 24.5 Å². The van der Waals surface area contributed by atoms with Crippen molar-refractivity contribution in [2.45, 2.75) is 44.7 Å². The van der Waals surface area contributed by atoms with E-state index in [4.69, 9.17) is 4.74 Å². The van der Waals surface area contributed by atoms with Gasteiger partial charge in [-0.05, 0) is 44.4 Å². The number of para-hydroxylation sites is 1. The van der Waals surface area contributed by atoms with Gasteiger partial charge in [0.15, 0.2) is 0 Å². The minimum absolute atomic E-state index is 0. The van der Waals surface area contributed by atoms with E-state index in [1.54, 1.807) is 0 Å². The number of benzene rings is 1. The Morgan fingerprint density at radius 3 is 2.78 bits per heavy atom. The van der Waals surface area contributed by atoms with Crippen molar-refractivity contribution in [2.75, 3.05) is 19.7 Å². The van der Waals surface area contributed by atoms with Crippen molar-refractivity contribution in [3.8, 4) is 5.75 Å².